The van der Waals surface area contributed by atoms with Crippen molar-refractivity contribution in [3.63, 3.8) is 0 Å². The van der Waals surface area contributed by atoms with Gasteiger partial charge in [-0.15, -0.1) is 5.10 Å². The van der Waals surface area contributed by atoms with Crippen molar-refractivity contribution in [3.8, 4) is 0 Å². The predicted octanol–water partition coefficient (Wildman–Crippen LogP) is 0.508. The summed E-state index contributed by atoms with van der Waals surface area (Å²) in [6, 6.07) is 7.47. The largest absolute Gasteiger partial charge is 0.312 e. The van der Waals surface area contributed by atoms with Crippen molar-refractivity contribution in [2.75, 3.05) is 23.0 Å². The Bertz CT molecular complexity index is 920. The van der Waals surface area contributed by atoms with Gasteiger partial charge in [0.05, 0.1) is 5.92 Å². The van der Waals surface area contributed by atoms with E-state index in [2.05, 4.69) is 20.5 Å². The average molecular weight is 363 g/mol. The molecule has 0 bridgehead atoms. The second kappa shape index (κ2) is 6.28. The maximum atomic E-state index is 12.3. The molecule has 2 N–H and O–H groups in total. The van der Waals surface area contributed by atoms with Crippen LogP contribution in [0.4, 0.5) is 11.6 Å². The topological polar surface area (TPSA) is 125 Å². The third-order valence-electron chi connectivity index (χ3n) is 3.89. The number of aromatic nitrogens is 3. The third-order valence-corrected chi connectivity index (χ3v) is 4.78. The van der Waals surface area contributed by atoms with E-state index in [1.54, 1.807) is 4.90 Å². The molecule has 0 saturated carbocycles. The molecular weight excluding hydrogens is 346 g/mol. The third kappa shape index (κ3) is 3.68. The van der Waals surface area contributed by atoms with Gasteiger partial charge in [0.15, 0.2) is 0 Å². The minimum Gasteiger partial charge on any atom is -0.312 e. The first-order valence-electron chi connectivity index (χ1n) is 7.54. The molecule has 10 heteroatoms. The Labute approximate surface area is 144 Å². The average Bonchev–Trinajstić information content (AvgIpc) is 3.15. The summed E-state index contributed by atoms with van der Waals surface area (Å²) in [5.41, 5.74) is 1.82. The van der Waals surface area contributed by atoms with Crippen molar-refractivity contribution < 1.29 is 18.0 Å². The maximum Gasteiger partial charge on any atom is 0.249 e. The van der Waals surface area contributed by atoms with Gasteiger partial charge in [0.25, 0.3) is 0 Å². The van der Waals surface area contributed by atoms with Crippen molar-refractivity contribution in [1.82, 2.24) is 15.2 Å². The molecule has 0 aliphatic carbocycles. The number of nitrogens with zero attached hydrogens (tertiary/aromatic N) is 3. The van der Waals surface area contributed by atoms with Crippen LogP contribution in [0.2, 0.25) is 0 Å². The first kappa shape index (κ1) is 17.1. The molecule has 2 aromatic rings. The maximum absolute atomic E-state index is 12.3. The Hall–Kier alpha value is -2.75. The minimum absolute atomic E-state index is 0.0725. The fraction of sp³-hybridized carbons (Fsp3) is 0.333. The van der Waals surface area contributed by atoms with Gasteiger partial charge in [-0.3, -0.25) is 14.9 Å². The molecule has 1 atom stereocenters. The Kier molecular flexibility index (Phi) is 4.29. The number of nitrogens with one attached hydrogen (secondary N) is 2. The monoisotopic (exact) mass is 363 g/mol. The highest BCUT2D eigenvalue weighted by Gasteiger charge is 2.35. The van der Waals surface area contributed by atoms with Crippen LogP contribution >= 0.6 is 0 Å². The Morgan fingerprint density at radius 2 is 2.00 bits per heavy atom. The molecule has 2 heterocycles. The van der Waals surface area contributed by atoms with Crippen LogP contribution in [-0.2, 0) is 19.4 Å². The zero-order valence-corrected chi connectivity index (χ0v) is 14.5. The molecule has 1 aromatic heterocycles. The minimum atomic E-state index is -3.54. The molecule has 1 unspecified atom stereocenters. The second-order valence-electron chi connectivity index (χ2n) is 5.97. The van der Waals surface area contributed by atoms with Crippen LogP contribution in [-0.4, -0.2) is 48.2 Å². The number of rotatable bonds is 4. The Morgan fingerprint density at radius 3 is 2.60 bits per heavy atom. The predicted molar refractivity (Wildman–Crippen MR) is 89.8 cm³/mol. The molecule has 9 nitrogen and oxygen atoms in total. The van der Waals surface area contributed by atoms with Gasteiger partial charge in [0.1, 0.15) is 0 Å². The first-order chi connectivity index (χ1) is 11.7. The second-order valence-corrected chi connectivity index (χ2v) is 7.90. The number of benzene rings is 1. The zero-order chi connectivity index (χ0) is 18.2. The normalized spacial score (nSPS) is 17.8. The smallest absolute Gasteiger partial charge is 0.249 e. The summed E-state index contributed by atoms with van der Waals surface area (Å²) in [5, 5.41) is 8.02. The number of aromatic amines is 1. The summed E-state index contributed by atoms with van der Waals surface area (Å²) in [4.78, 5) is 29.8. The highest BCUT2D eigenvalue weighted by Crippen LogP contribution is 2.26. The molecular formula is C15H17N5O4S. The van der Waals surface area contributed by atoms with Gasteiger partial charge in [0, 0.05) is 24.9 Å². The highest BCUT2D eigenvalue weighted by molar-refractivity contribution is 7.90. The van der Waals surface area contributed by atoms with Crippen molar-refractivity contribution >= 4 is 33.3 Å². The lowest BCUT2D eigenvalue weighted by Gasteiger charge is -2.16. The SMILES string of the molecule is Cc1ccc(N2CC(C(=O)Nc3n[nH]c(S(C)(=O)=O)n3)CC2=O)cc1. The van der Waals surface area contributed by atoms with Gasteiger partial charge in [-0.05, 0) is 19.1 Å². The number of H-pyrrole nitrogens is 1. The number of sulfone groups is 1. The van der Waals surface area contributed by atoms with Crippen molar-refractivity contribution in [2.45, 2.75) is 18.5 Å². The number of carbonyl (C=O) groups excluding carboxylic acids is 2. The lowest BCUT2D eigenvalue weighted by molar-refractivity contribution is -0.122. The van der Waals surface area contributed by atoms with Crippen LogP contribution in [0, 0.1) is 12.8 Å². The van der Waals surface area contributed by atoms with E-state index in [4.69, 9.17) is 0 Å². The van der Waals surface area contributed by atoms with Crippen molar-refractivity contribution in [1.29, 1.82) is 0 Å². The van der Waals surface area contributed by atoms with E-state index in [9.17, 15) is 18.0 Å². The number of hydrogen-bond acceptors (Lipinski definition) is 6. The summed E-state index contributed by atoms with van der Waals surface area (Å²) in [5.74, 6) is -1.27. The highest BCUT2D eigenvalue weighted by atomic mass is 32.2. The van der Waals surface area contributed by atoms with Gasteiger partial charge in [-0.25, -0.2) is 13.5 Å². The molecule has 1 aliphatic heterocycles. The van der Waals surface area contributed by atoms with E-state index in [1.165, 1.54) is 0 Å². The number of hydrogen-bond donors (Lipinski definition) is 2. The molecule has 1 fully saturated rings. The molecule has 1 aliphatic rings. The van der Waals surface area contributed by atoms with Crippen molar-refractivity contribution in [3.05, 3.63) is 29.8 Å². The number of carbonyl (C=O) groups is 2. The summed E-state index contributed by atoms with van der Waals surface area (Å²) < 4.78 is 22.7. The van der Waals surface area contributed by atoms with Crippen LogP contribution in [0.3, 0.4) is 0 Å². The van der Waals surface area contributed by atoms with E-state index in [0.29, 0.717) is 0 Å². The molecule has 0 radical (unpaired) electrons. The fourth-order valence-electron chi connectivity index (χ4n) is 2.54. The molecule has 2 amide bonds. The lowest BCUT2D eigenvalue weighted by atomic mass is 10.1. The zero-order valence-electron chi connectivity index (χ0n) is 13.7. The number of amides is 2. The standard InChI is InChI=1S/C15H17N5O4S/c1-9-3-5-11(6-4-9)20-8-10(7-12(20)21)13(22)16-14-17-15(19-18-14)25(2,23)24/h3-6,10H,7-8H2,1-2H3,(H2,16,17,18,19,22). The van der Waals surface area contributed by atoms with Crippen LogP contribution < -0.4 is 10.2 Å². The molecule has 132 valence electrons. The van der Waals surface area contributed by atoms with Gasteiger partial charge in [0.2, 0.25) is 32.8 Å². The number of aryl methyl sites for hydroxylation is 1. The summed E-state index contributed by atoms with van der Waals surface area (Å²) in [6.07, 6.45) is 1.05. The van der Waals surface area contributed by atoms with E-state index >= 15 is 0 Å². The van der Waals surface area contributed by atoms with Gasteiger partial charge in [-0.2, -0.15) is 4.98 Å². The quantitative estimate of drug-likeness (QED) is 0.815. The van der Waals surface area contributed by atoms with E-state index in [0.717, 1.165) is 17.5 Å². The van der Waals surface area contributed by atoms with Crippen LogP contribution in [0.25, 0.3) is 0 Å². The molecule has 25 heavy (non-hydrogen) atoms. The van der Waals surface area contributed by atoms with Crippen LogP contribution in [0.15, 0.2) is 29.4 Å². The molecule has 1 saturated heterocycles. The molecule has 1 aromatic carbocycles. The molecule has 3 rings (SSSR count). The van der Waals surface area contributed by atoms with Crippen molar-refractivity contribution in [2.24, 2.45) is 5.92 Å². The molecule has 0 spiro atoms. The summed E-state index contributed by atoms with van der Waals surface area (Å²) in [6.45, 7) is 2.20. The summed E-state index contributed by atoms with van der Waals surface area (Å²) in [7, 11) is -3.54. The fourth-order valence-corrected chi connectivity index (χ4v) is 3.00. The van der Waals surface area contributed by atoms with E-state index < -0.39 is 21.7 Å². The van der Waals surface area contributed by atoms with E-state index in [1.807, 2.05) is 31.2 Å². The number of anilines is 2. The Balaban J connectivity index is 1.68. The van der Waals surface area contributed by atoms with Gasteiger partial charge < -0.3 is 4.90 Å². The first-order valence-corrected chi connectivity index (χ1v) is 9.43. The Morgan fingerprint density at radius 1 is 1.32 bits per heavy atom. The van der Waals surface area contributed by atoms with Crippen LogP contribution in [0.1, 0.15) is 12.0 Å². The lowest BCUT2D eigenvalue weighted by Crippen LogP contribution is -2.28. The van der Waals surface area contributed by atoms with Crippen LogP contribution in [0.5, 0.6) is 0 Å². The van der Waals surface area contributed by atoms with E-state index in [-0.39, 0.29) is 30.0 Å². The van der Waals surface area contributed by atoms with Gasteiger partial charge in [-0.1, -0.05) is 17.7 Å². The summed E-state index contributed by atoms with van der Waals surface area (Å²) >= 11 is 0. The van der Waals surface area contributed by atoms with Gasteiger partial charge >= 0.3 is 0 Å².